The summed E-state index contributed by atoms with van der Waals surface area (Å²) in [6.07, 6.45) is 5.84. The summed E-state index contributed by atoms with van der Waals surface area (Å²) in [6, 6.07) is 11.2. The minimum Gasteiger partial charge on any atom is -0.457 e. The second-order valence-electron chi connectivity index (χ2n) is 8.05. The smallest absolute Gasteiger partial charge is 0.251 e. The van der Waals surface area contributed by atoms with Crippen molar-refractivity contribution in [3.05, 3.63) is 54.4 Å². The van der Waals surface area contributed by atoms with E-state index in [1.807, 2.05) is 18.2 Å². The quantitative estimate of drug-likeness (QED) is 0.774. The maximum absolute atomic E-state index is 12.7. The SMILES string of the molecule is CC1CCN(C(CNC(=O)c2cccc(Oc3ccncc3)c2)C(C)C)CC1. The van der Waals surface area contributed by atoms with E-state index in [1.54, 1.807) is 30.6 Å². The van der Waals surface area contributed by atoms with Gasteiger partial charge in [0.05, 0.1) is 0 Å². The molecule has 1 fully saturated rings. The van der Waals surface area contributed by atoms with E-state index in [1.165, 1.54) is 12.8 Å². The molecule has 2 heterocycles. The Morgan fingerprint density at radius 1 is 1.18 bits per heavy atom. The van der Waals surface area contributed by atoms with Crippen molar-refractivity contribution in [2.24, 2.45) is 11.8 Å². The summed E-state index contributed by atoms with van der Waals surface area (Å²) in [6.45, 7) is 9.70. The molecule has 1 aromatic heterocycles. The molecule has 2 aromatic rings. The number of nitrogens with zero attached hydrogens (tertiary/aromatic N) is 2. The highest BCUT2D eigenvalue weighted by Gasteiger charge is 2.26. The number of ether oxygens (including phenoxy) is 1. The molecule has 0 radical (unpaired) electrons. The van der Waals surface area contributed by atoms with Crippen LogP contribution in [-0.4, -0.2) is 41.5 Å². The largest absolute Gasteiger partial charge is 0.457 e. The van der Waals surface area contributed by atoms with Gasteiger partial charge in [-0.1, -0.05) is 26.8 Å². The highest BCUT2D eigenvalue weighted by atomic mass is 16.5. The third kappa shape index (κ3) is 5.55. The van der Waals surface area contributed by atoms with Gasteiger partial charge in [-0.15, -0.1) is 0 Å². The van der Waals surface area contributed by atoms with Crippen molar-refractivity contribution in [2.75, 3.05) is 19.6 Å². The molecule has 0 saturated carbocycles. The second kappa shape index (κ2) is 9.69. The molecule has 28 heavy (non-hydrogen) atoms. The monoisotopic (exact) mass is 381 g/mol. The van der Waals surface area contributed by atoms with E-state index in [4.69, 9.17) is 4.74 Å². The highest BCUT2D eigenvalue weighted by molar-refractivity contribution is 5.94. The number of benzene rings is 1. The summed E-state index contributed by atoms with van der Waals surface area (Å²) in [4.78, 5) is 19.2. The summed E-state index contributed by atoms with van der Waals surface area (Å²) >= 11 is 0. The number of carbonyl (C=O) groups excluding carboxylic acids is 1. The molecule has 0 spiro atoms. The molecule has 1 amide bonds. The average molecular weight is 382 g/mol. The zero-order valence-electron chi connectivity index (χ0n) is 17.1. The maximum Gasteiger partial charge on any atom is 0.251 e. The normalized spacial score (nSPS) is 16.7. The van der Waals surface area contributed by atoms with Crippen molar-refractivity contribution >= 4 is 5.91 Å². The number of amides is 1. The number of piperidine rings is 1. The van der Waals surface area contributed by atoms with Crippen molar-refractivity contribution in [3.8, 4) is 11.5 Å². The van der Waals surface area contributed by atoms with Crippen LogP contribution in [0.5, 0.6) is 11.5 Å². The first kappa shape index (κ1) is 20.3. The second-order valence-corrected chi connectivity index (χ2v) is 8.05. The molecule has 1 aromatic carbocycles. The lowest BCUT2D eigenvalue weighted by Gasteiger charge is -2.38. The van der Waals surface area contributed by atoms with Gasteiger partial charge in [-0.25, -0.2) is 0 Å². The van der Waals surface area contributed by atoms with Gasteiger partial charge in [0.15, 0.2) is 0 Å². The van der Waals surface area contributed by atoms with Gasteiger partial charge in [-0.05, 0) is 68.1 Å². The molecule has 1 saturated heterocycles. The van der Waals surface area contributed by atoms with Crippen LogP contribution in [0, 0.1) is 11.8 Å². The van der Waals surface area contributed by atoms with Crippen LogP contribution in [0.2, 0.25) is 0 Å². The fourth-order valence-electron chi connectivity index (χ4n) is 3.69. The Morgan fingerprint density at radius 2 is 1.89 bits per heavy atom. The Morgan fingerprint density at radius 3 is 2.57 bits per heavy atom. The van der Waals surface area contributed by atoms with Gasteiger partial charge in [0.2, 0.25) is 0 Å². The summed E-state index contributed by atoms with van der Waals surface area (Å²) in [5.74, 6) is 2.59. The number of pyridine rings is 1. The minimum absolute atomic E-state index is 0.0591. The van der Waals surface area contributed by atoms with Crippen molar-refractivity contribution in [3.63, 3.8) is 0 Å². The van der Waals surface area contributed by atoms with Crippen molar-refractivity contribution in [1.82, 2.24) is 15.2 Å². The van der Waals surface area contributed by atoms with Gasteiger partial charge >= 0.3 is 0 Å². The third-order valence-electron chi connectivity index (χ3n) is 5.51. The molecule has 0 aliphatic carbocycles. The van der Waals surface area contributed by atoms with Crippen molar-refractivity contribution < 1.29 is 9.53 Å². The lowest BCUT2D eigenvalue weighted by molar-refractivity contribution is 0.0863. The van der Waals surface area contributed by atoms with Gasteiger partial charge in [-0.3, -0.25) is 14.7 Å². The van der Waals surface area contributed by atoms with Crippen LogP contribution >= 0.6 is 0 Å². The van der Waals surface area contributed by atoms with Crippen LogP contribution < -0.4 is 10.1 Å². The predicted molar refractivity (Wildman–Crippen MR) is 112 cm³/mol. The fraction of sp³-hybridized carbons (Fsp3) is 0.478. The number of hydrogen-bond acceptors (Lipinski definition) is 4. The van der Waals surface area contributed by atoms with E-state index in [0.717, 1.165) is 19.0 Å². The Labute approximate surface area is 168 Å². The van der Waals surface area contributed by atoms with Gasteiger partial charge in [-0.2, -0.15) is 0 Å². The molecular formula is C23H31N3O2. The lowest BCUT2D eigenvalue weighted by Crippen LogP contribution is -2.49. The van der Waals surface area contributed by atoms with Crippen LogP contribution in [-0.2, 0) is 0 Å². The van der Waals surface area contributed by atoms with E-state index >= 15 is 0 Å². The lowest BCUT2D eigenvalue weighted by atomic mass is 9.94. The van der Waals surface area contributed by atoms with Gasteiger partial charge in [0.1, 0.15) is 11.5 Å². The Bertz CT molecular complexity index is 755. The first-order chi connectivity index (χ1) is 13.5. The highest BCUT2D eigenvalue weighted by Crippen LogP contribution is 2.23. The Hall–Kier alpha value is -2.40. The first-order valence-corrected chi connectivity index (χ1v) is 10.2. The molecule has 5 heteroatoms. The zero-order valence-corrected chi connectivity index (χ0v) is 17.1. The standard InChI is InChI=1S/C23H31N3O2/c1-17(2)22(26-13-9-18(3)10-14-26)16-25-23(27)19-5-4-6-21(15-19)28-20-7-11-24-12-8-20/h4-8,11-12,15,17-18,22H,9-10,13-14,16H2,1-3H3,(H,25,27). The maximum atomic E-state index is 12.7. The summed E-state index contributed by atoms with van der Waals surface area (Å²) < 4.78 is 5.81. The van der Waals surface area contributed by atoms with E-state index in [0.29, 0.717) is 35.6 Å². The molecule has 1 aliphatic rings. The molecule has 150 valence electrons. The number of hydrogen-bond donors (Lipinski definition) is 1. The number of nitrogens with one attached hydrogen (secondary N) is 1. The van der Waals surface area contributed by atoms with Crippen molar-refractivity contribution in [1.29, 1.82) is 0 Å². The molecule has 5 nitrogen and oxygen atoms in total. The molecular weight excluding hydrogens is 350 g/mol. The molecule has 1 unspecified atom stereocenters. The molecule has 1 aliphatic heterocycles. The van der Waals surface area contributed by atoms with Gasteiger partial charge in [0, 0.05) is 30.5 Å². The summed E-state index contributed by atoms with van der Waals surface area (Å²) in [7, 11) is 0. The fourth-order valence-corrected chi connectivity index (χ4v) is 3.69. The number of aromatic nitrogens is 1. The average Bonchev–Trinajstić information content (AvgIpc) is 2.70. The first-order valence-electron chi connectivity index (χ1n) is 10.2. The van der Waals surface area contributed by atoms with E-state index in [2.05, 4.69) is 36.0 Å². The van der Waals surface area contributed by atoms with Crippen LogP contribution in [0.1, 0.15) is 44.0 Å². The number of likely N-dealkylation sites (tertiary alicyclic amines) is 1. The molecule has 0 bridgehead atoms. The molecule has 1 N–H and O–H groups in total. The molecule has 3 rings (SSSR count). The van der Waals surface area contributed by atoms with Gasteiger partial charge < -0.3 is 10.1 Å². The van der Waals surface area contributed by atoms with Crippen LogP contribution in [0.4, 0.5) is 0 Å². The molecule has 1 atom stereocenters. The minimum atomic E-state index is -0.0591. The topological polar surface area (TPSA) is 54.5 Å². The summed E-state index contributed by atoms with van der Waals surface area (Å²) in [5.41, 5.74) is 0.612. The van der Waals surface area contributed by atoms with Crippen molar-refractivity contribution in [2.45, 2.75) is 39.7 Å². The Kier molecular flexibility index (Phi) is 7.04. The zero-order chi connectivity index (χ0) is 19.9. The summed E-state index contributed by atoms with van der Waals surface area (Å²) in [5, 5.41) is 3.13. The third-order valence-corrected chi connectivity index (χ3v) is 5.51. The van der Waals surface area contributed by atoms with E-state index in [9.17, 15) is 4.79 Å². The van der Waals surface area contributed by atoms with E-state index < -0.39 is 0 Å². The van der Waals surface area contributed by atoms with E-state index in [-0.39, 0.29) is 5.91 Å². The van der Waals surface area contributed by atoms with Crippen LogP contribution in [0.25, 0.3) is 0 Å². The Balaban J connectivity index is 1.59. The van der Waals surface area contributed by atoms with Crippen LogP contribution in [0.15, 0.2) is 48.8 Å². The number of carbonyl (C=O) groups is 1. The predicted octanol–water partition coefficient (Wildman–Crippen LogP) is 4.36. The van der Waals surface area contributed by atoms with Crippen LogP contribution in [0.3, 0.4) is 0 Å². The van der Waals surface area contributed by atoms with Gasteiger partial charge in [0.25, 0.3) is 5.91 Å². The number of rotatable bonds is 7.